The van der Waals surface area contributed by atoms with Gasteiger partial charge in [0, 0.05) is 25.2 Å². The minimum absolute atomic E-state index is 0.225. The molecule has 3 aromatic rings. The first-order valence-corrected chi connectivity index (χ1v) is 12.4. The molecule has 0 fully saturated rings. The highest BCUT2D eigenvalue weighted by Gasteiger charge is 2.33. The fourth-order valence-corrected chi connectivity index (χ4v) is 5.17. The lowest BCUT2D eigenvalue weighted by Gasteiger charge is -2.24. The number of hydrogen-bond donors (Lipinski definition) is 0. The maximum absolute atomic E-state index is 13.6. The Kier molecular flexibility index (Phi) is 7.25. The third-order valence-electron chi connectivity index (χ3n) is 5.91. The summed E-state index contributed by atoms with van der Waals surface area (Å²) in [5.74, 6) is 1.53. The second-order valence-corrected chi connectivity index (χ2v) is 8.93. The van der Waals surface area contributed by atoms with Crippen LogP contribution in [0.25, 0.3) is 6.08 Å². The number of aromatic nitrogens is 1. The van der Waals surface area contributed by atoms with Crippen LogP contribution in [0.2, 0.25) is 0 Å². The predicted molar refractivity (Wildman–Crippen MR) is 136 cm³/mol. The van der Waals surface area contributed by atoms with E-state index in [-0.39, 0.29) is 12.2 Å². The van der Waals surface area contributed by atoms with E-state index in [1.807, 2.05) is 24.3 Å². The topological polar surface area (TPSA) is 86.3 Å². The monoisotopic (exact) mass is 495 g/mol. The quantitative estimate of drug-likeness (QED) is 0.446. The fourth-order valence-electron chi connectivity index (χ4n) is 4.15. The molecular formula is C26H29N3O5S. The number of carbonyl (C=O) groups excluding carboxylic acids is 1. The molecule has 0 spiro atoms. The molecule has 1 aliphatic heterocycles. The van der Waals surface area contributed by atoms with Gasteiger partial charge in [-0.2, -0.15) is 0 Å². The number of furan rings is 1. The second kappa shape index (κ2) is 10.4. The van der Waals surface area contributed by atoms with Crippen LogP contribution in [0.15, 0.2) is 61.9 Å². The van der Waals surface area contributed by atoms with Gasteiger partial charge in [0.25, 0.3) is 5.56 Å². The summed E-state index contributed by atoms with van der Waals surface area (Å²) in [5.41, 5.74) is 1.39. The maximum Gasteiger partial charge on any atom is 0.338 e. The first-order chi connectivity index (χ1) is 16.9. The minimum atomic E-state index is -0.666. The zero-order chi connectivity index (χ0) is 25.1. The van der Waals surface area contributed by atoms with Crippen LogP contribution in [0.5, 0.6) is 5.75 Å². The lowest BCUT2D eigenvalue weighted by molar-refractivity contribution is -0.139. The van der Waals surface area contributed by atoms with Gasteiger partial charge < -0.3 is 18.8 Å². The molecule has 0 bridgehead atoms. The third-order valence-corrected chi connectivity index (χ3v) is 6.89. The number of nitrogens with zero attached hydrogens (tertiary/aromatic N) is 3. The number of anilines is 1. The highest BCUT2D eigenvalue weighted by molar-refractivity contribution is 7.07. The highest BCUT2D eigenvalue weighted by atomic mass is 32.1. The van der Waals surface area contributed by atoms with Crippen molar-refractivity contribution in [2.24, 2.45) is 4.99 Å². The molecule has 0 unspecified atom stereocenters. The average molecular weight is 496 g/mol. The summed E-state index contributed by atoms with van der Waals surface area (Å²) in [7, 11) is 1.59. The Labute approximate surface area is 207 Å². The van der Waals surface area contributed by atoms with Crippen molar-refractivity contribution in [1.82, 2.24) is 4.57 Å². The Hall–Kier alpha value is -3.59. The van der Waals surface area contributed by atoms with Gasteiger partial charge in [-0.3, -0.25) is 9.36 Å². The van der Waals surface area contributed by atoms with Gasteiger partial charge in [0.15, 0.2) is 10.7 Å². The Morgan fingerprint density at radius 3 is 2.51 bits per heavy atom. The Bertz CT molecular complexity index is 1420. The molecule has 1 atom stereocenters. The summed E-state index contributed by atoms with van der Waals surface area (Å²) in [6.07, 6.45) is 1.73. The molecule has 0 saturated carbocycles. The molecule has 9 heteroatoms. The molecule has 4 rings (SSSR count). The Morgan fingerprint density at radius 1 is 1.17 bits per heavy atom. The summed E-state index contributed by atoms with van der Waals surface area (Å²) in [6.45, 7) is 9.51. The van der Waals surface area contributed by atoms with Crippen molar-refractivity contribution in [3.8, 4) is 5.75 Å². The molecule has 0 N–H and O–H groups in total. The van der Waals surface area contributed by atoms with Crippen LogP contribution in [-0.4, -0.2) is 37.3 Å². The van der Waals surface area contributed by atoms with Crippen LogP contribution in [0.4, 0.5) is 5.88 Å². The van der Waals surface area contributed by atoms with Crippen molar-refractivity contribution >= 4 is 29.3 Å². The first kappa shape index (κ1) is 24.5. The third kappa shape index (κ3) is 4.68. The molecule has 0 radical (unpaired) electrons. The van der Waals surface area contributed by atoms with E-state index in [9.17, 15) is 9.59 Å². The predicted octanol–water partition coefficient (Wildman–Crippen LogP) is 3.25. The number of esters is 1. The lowest BCUT2D eigenvalue weighted by Crippen LogP contribution is -2.39. The minimum Gasteiger partial charge on any atom is -0.497 e. The first-order valence-electron chi connectivity index (χ1n) is 11.6. The number of hydrogen-bond acceptors (Lipinski definition) is 8. The van der Waals surface area contributed by atoms with Crippen LogP contribution in [0.1, 0.15) is 45.1 Å². The van der Waals surface area contributed by atoms with E-state index in [4.69, 9.17) is 13.9 Å². The standard InChI is InChI=1S/C26H29N3O5S/c1-6-28(7-2)21-14-13-19(34-21)15-20-24(30)29-23(17-9-11-18(32-5)12-10-17)22(25(31)33-8-3)16(4)27-26(29)35-20/h9-15,23H,6-8H2,1-5H3/b20-15-/t23-/m1/s1. The van der Waals surface area contributed by atoms with Gasteiger partial charge >= 0.3 is 5.97 Å². The normalized spacial score (nSPS) is 15.6. The maximum atomic E-state index is 13.6. The van der Waals surface area contributed by atoms with Gasteiger partial charge in [-0.15, -0.1) is 0 Å². The van der Waals surface area contributed by atoms with Crippen molar-refractivity contribution in [3.63, 3.8) is 0 Å². The number of ether oxygens (including phenoxy) is 2. The highest BCUT2D eigenvalue weighted by Crippen LogP contribution is 2.31. The van der Waals surface area contributed by atoms with Gasteiger partial charge in [-0.05, 0) is 51.5 Å². The zero-order valence-corrected chi connectivity index (χ0v) is 21.3. The van der Waals surface area contributed by atoms with Crippen molar-refractivity contribution in [1.29, 1.82) is 0 Å². The van der Waals surface area contributed by atoms with Crippen LogP contribution >= 0.6 is 11.3 Å². The smallest absolute Gasteiger partial charge is 0.338 e. The van der Waals surface area contributed by atoms with Crippen molar-refractivity contribution in [2.75, 3.05) is 31.7 Å². The zero-order valence-electron chi connectivity index (χ0n) is 20.5. The summed E-state index contributed by atoms with van der Waals surface area (Å²) < 4.78 is 18.6. The Morgan fingerprint density at radius 2 is 1.89 bits per heavy atom. The number of fused-ring (bicyclic) bond motifs is 1. The summed E-state index contributed by atoms with van der Waals surface area (Å²) in [5, 5.41) is 0. The number of thiazole rings is 1. The number of methoxy groups -OCH3 is 1. The second-order valence-electron chi connectivity index (χ2n) is 7.92. The molecular weight excluding hydrogens is 466 g/mol. The van der Waals surface area contributed by atoms with E-state index in [1.54, 1.807) is 43.7 Å². The molecule has 1 aliphatic rings. The van der Waals surface area contributed by atoms with Gasteiger partial charge in [-0.1, -0.05) is 23.5 Å². The van der Waals surface area contributed by atoms with E-state index in [0.29, 0.717) is 32.1 Å². The van der Waals surface area contributed by atoms with E-state index in [1.165, 1.54) is 11.3 Å². The van der Waals surface area contributed by atoms with Crippen molar-refractivity contribution < 1.29 is 18.7 Å². The molecule has 2 aromatic heterocycles. The number of rotatable bonds is 8. The molecule has 1 aromatic carbocycles. The molecule has 3 heterocycles. The molecule has 8 nitrogen and oxygen atoms in total. The Balaban J connectivity index is 1.87. The summed E-state index contributed by atoms with van der Waals surface area (Å²) in [4.78, 5) is 33.8. The molecule has 0 aliphatic carbocycles. The molecule has 0 saturated heterocycles. The molecule has 35 heavy (non-hydrogen) atoms. The van der Waals surface area contributed by atoms with E-state index in [2.05, 4.69) is 23.7 Å². The number of allylic oxidation sites excluding steroid dienone is 1. The SMILES string of the molecule is CCOC(=O)C1=C(C)N=c2s/c(=C\c3ccc(N(CC)CC)o3)c(=O)n2[C@@H]1c1ccc(OC)cc1. The molecule has 0 amide bonds. The van der Waals surface area contributed by atoms with Gasteiger partial charge in [0.1, 0.15) is 11.5 Å². The number of benzene rings is 1. The van der Waals surface area contributed by atoms with Gasteiger partial charge in [0.05, 0.1) is 35.6 Å². The largest absolute Gasteiger partial charge is 0.497 e. The summed E-state index contributed by atoms with van der Waals surface area (Å²) in [6, 6.07) is 10.4. The van der Waals surface area contributed by atoms with Crippen molar-refractivity contribution in [3.05, 3.63) is 78.7 Å². The average Bonchev–Trinajstić information content (AvgIpc) is 3.43. The van der Waals surface area contributed by atoms with Crippen LogP contribution in [-0.2, 0) is 9.53 Å². The van der Waals surface area contributed by atoms with E-state index < -0.39 is 12.0 Å². The number of carbonyl (C=O) groups is 1. The van der Waals surface area contributed by atoms with Gasteiger partial charge in [-0.25, -0.2) is 9.79 Å². The lowest BCUT2D eigenvalue weighted by atomic mass is 9.96. The summed E-state index contributed by atoms with van der Waals surface area (Å²) >= 11 is 1.27. The van der Waals surface area contributed by atoms with Crippen molar-refractivity contribution in [2.45, 2.75) is 33.7 Å². The van der Waals surface area contributed by atoms with Gasteiger partial charge in [0.2, 0.25) is 0 Å². The molecule has 184 valence electrons. The van der Waals surface area contributed by atoms with E-state index >= 15 is 0 Å². The van der Waals surface area contributed by atoms with E-state index in [0.717, 1.165) is 24.5 Å². The van der Waals surface area contributed by atoms with Crippen LogP contribution in [0.3, 0.4) is 0 Å². The van der Waals surface area contributed by atoms with Crippen LogP contribution < -0.4 is 24.5 Å². The fraction of sp³-hybridized carbons (Fsp3) is 0.346. The van der Waals surface area contributed by atoms with Crippen LogP contribution in [0, 0.1) is 0 Å².